The summed E-state index contributed by atoms with van der Waals surface area (Å²) in [4.78, 5) is 45.5. The molecule has 3 aliphatic heterocycles. The minimum absolute atomic E-state index is 0.0282. The summed E-state index contributed by atoms with van der Waals surface area (Å²) >= 11 is 1.71. The Hall–Kier alpha value is -3.56. The molecule has 4 heterocycles. The van der Waals surface area contributed by atoms with Crippen molar-refractivity contribution in [1.29, 1.82) is 0 Å². The van der Waals surface area contributed by atoms with Crippen LogP contribution in [0.2, 0.25) is 0 Å². The summed E-state index contributed by atoms with van der Waals surface area (Å²) in [6.07, 6.45) is 3.13. The number of amides is 1. The fourth-order valence-electron chi connectivity index (χ4n) is 5.94. The standard InChI is InChI=1S/C25H20N4O4S/c30-23(16-6-4-10-26-12-16)22-21(15-5-3-7-17(11-15)29(32)33)20-13-34-14-28(20)25(22)18-8-1-2-9-19(18)27-24(25)31/h1-12,20-22H,13-14H2,(H,27,31)/t20-,21+,22-,25-/m1/s1. The van der Waals surface area contributed by atoms with Crippen molar-refractivity contribution in [3.8, 4) is 0 Å². The molecule has 34 heavy (non-hydrogen) atoms. The van der Waals surface area contributed by atoms with Crippen LogP contribution in [0.3, 0.4) is 0 Å². The zero-order valence-electron chi connectivity index (χ0n) is 18.0. The topological polar surface area (TPSA) is 105 Å². The summed E-state index contributed by atoms with van der Waals surface area (Å²) in [6, 6.07) is 17.3. The third kappa shape index (κ3) is 2.80. The van der Waals surface area contributed by atoms with Gasteiger partial charge in [0.15, 0.2) is 5.78 Å². The summed E-state index contributed by atoms with van der Waals surface area (Å²) in [5.41, 5.74) is 1.37. The van der Waals surface area contributed by atoms with E-state index in [9.17, 15) is 19.7 Å². The minimum Gasteiger partial charge on any atom is -0.324 e. The maximum Gasteiger partial charge on any atom is 0.269 e. The van der Waals surface area contributed by atoms with Crippen LogP contribution in [0.15, 0.2) is 73.1 Å². The number of thioether (sulfide) groups is 1. The molecule has 0 unspecified atom stereocenters. The number of nitrogens with zero attached hydrogens (tertiary/aromatic N) is 3. The predicted octanol–water partition coefficient (Wildman–Crippen LogP) is 3.81. The Morgan fingerprint density at radius 1 is 1.18 bits per heavy atom. The first kappa shape index (κ1) is 21.0. The number of hydrogen-bond donors (Lipinski definition) is 1. The third-order valence-electron chi connectivity index (χ3n) is 7.22. The lowest BCUT2D eigenvalue weighted by atomic mass is 9.69. The first-order valence-corrected chi connectivity index (χ1v) is 12.1. The Kier molecular flexibility index (Phi) is 4.79. The van der Waals surface area contributed by atoms with Crippen LogP contribution in [0, 0.1) is 16.0 Å². The van der Waals surface area contributed by atoms with E-state index >= 15 is 0 Å². The number of pyridine rings is 1. The molecule has 8 nitrogen and oxygen atoms in total. The molecule has 2 aromatic carbocycles. The van der Waals surface area contributed by atoms with E-state index in [4.69, 9.17) is 0 Å². The molecule has 0 bridgehead atoms. The van der Waals surface area contributed by atoms with Gasteiger partial charge in [-0.25, -0.2) is 0 Å². The number of fused-ring (bicyclic) bond motifs is 4. The van der Waals surface area contributed by atoms with Gasteiger partial charge in [-0.1, -0.05) is 30.3 Å². The number of Topliss-reactive ketones (excluding diaryl/α,β-unsaturated/α-hetero) is 1. The highest BCUT2D eigenvalue weighted by Gasteiger charge is 2.69. The molecule has 1 aromatic heterocycles. The predicted molar refractivity (Wildman–Crippen MR) is 128 cm³/mol. The number of aromatic nitrogens is 1. The number of benzene rings is 2. The van der Waals surface area contributed by atoms with Crippen molar-refractivity contribution in [2.75, 3.05) is 16.9 Å². The average molecular weight is 473 g/mol. The second-order valence-corrected chi connectivity index (χ2v) is 9.76. The van der Waals surface area contributed by atoms with Crippen LogP contribution in [-0.2, 0) is 10.3 Å². The summed E-state index contributed by atoms with van der Waals surface area (Å²) in [5.74, 6) is -0.268. The molecule has 2 saturated heterocycles. The molecule has 3 aromatic rings. The van der Waals surface area contributed by atoms with Gasteiger partial charge in [0, 0.05) is 64.9 Å². The van der Waals surface area contributed by atoms with E-state index < -0.39 is 22.3 Å². The number of para-hydroxylation sites is 1. The van der Waals surface area contributed by atoms with Crippen molar-refractivity contribution >= 4 is 34.8 Å². The Morgan fingerprint density at radius 2 is 2.03 bits per heavy atom. The Labute approximate surface area is 199 Å². The second-order valence-electron chi connectivity index (χ2n) is 8.76. The van der Waals surface area contributed by atoms with Gasteiger partial charge in [0.2, 0.25) is 5.91 Å². The quantitative estimate of drug-likeness (QED) is 0.350. The number of anilines is 1. The lowest BCUT2D eigenvalue weighted by Gasteiger charge is -2.36. The SMILES string of the molecule is O=C(c1cccnc1)[C@H]1[C@@H](c2cccc([N+](=O)[O-])c2)[C@H]2CSCN2[C@@]12C(=O)Nc1ccccc12. The number of non-ortho nitro benzene ring substituents is 1. The molecule has 1 amide bonds. The highest BCUT2D eigenvalue weighted by Crippen LogP contribution is 2.61. The zero-order chi connectivity index (χ0) is 23.4. The van der Waals surface area contributed by atoms with Crippen LogP contribution in [-0.4, -0.2) is 44.2 Å². The van der Waals surface area contributed by atoms with Gasteiger partial charge >= 0.3 is 0 Å². The highest BCUT2D eigenvalue weighted by molar-refractivity contribution is 7.99. The van der Waals surface area contributed by atoms with Crippen molar-refractivity contribution in [3.63, 3.8) is 0 Å². The summed E-state index contributed by atoms with van der Waals surface area (Å²) < 4.78 is 0. The van der Waals surface area contributed by atoms with Gasteiger partial charge in [-0.3, -0.25) is 29.6 Å². The third-order valence-corrected chi connectivity index (χ3v) is 8.26. The van der Waals surface area contributed by atoms with E-state index in [0.717, 1.165) is 11.3 Å². The lowest BCUT2D eigenvalue weighted by Crippen LogP contribution is -2.52. The molecule has 4 atom stereocenters. The van der Waals surface area contributed by atoms with Crippen LogP contribution in [0.4, 0.5) is 11.4 Å². The molecule has 0 aliphatic carbocycles. The van der Waals surface area contributed by atoms with Crippen molar-refractivity contribution in [1.82, 2.24) is 9.88 Å². The highest BCUT2D eigenvalue weighted by atomic mass is 32.2. The molecule has 0 saturated carbocycles. The largest absolute Gasteiger partial charge is 0.324 e. The van der Waals surface area contributed by atoms with Gasteiger partial charge in [-0.05, 0) is 23.8 Å². The van der Waals surface area contributed by atoms with E-state index in [1.165, 1.54) is 12.3 Å². The Bertz CT molecular complexity index is 1330. The van der Waals surface area contributed by atoms with Crippen molar-refractivity contribution in [2.45, 2.75) is 17.5 Å². The molecule has 0 radical (unpaired) electrons. The van der Waals surface area contributed by atoms with Crippen LogP contribution in [0.1, 0.15) is 27.4 Å². The number of hydrogen-bond acceptors (Lipinski definition) is 7. The maximum atomic E-state index is 14.2. The molecule has 1 N–H and O–H groups in total. The molecule has 6 rings (SSSR count). The number of nitro benzene ring substituents is 1. The molecular weight excluding hydrogens is 452 g/mol. The van der Waals surface area contributed by atoms with Crippen LogP contribution < -0.4 is 5.32 Å². The van der Waals surface area contributed by atoms with Crippen LogP contribution in [0.5, 0.6) is 0 Å². The van der Waals surface area contributed by atoms with Crippen LogP contribution >= 0.6 is 11.8 Å². The molecule has 3 aliphatic rings. The number of rotatable bonds is 4. The molecule has 1 spiro atoms. The van der Waals surface area contributed by atoms with Gasteiger partial charge in [-0.15, -0.1) is 11.8 Å². The smallest absolute Gasteiger partial charge is 0.269 e. The van der Waals surface area contributed by atoms with Gasteiger partial charge in [0.05, 0.1) is 10.8 Å². The number of nitro groups is 1. The van der Waals surface area contributed by atoms with E-state index in [0.29, 0.717) is 22.7 Å². The Morgan fingerprint density at radius 3 is 2.82 bits per heavy atom. The fraction of sp³-hybridized carbons (Fsp3) is 0.240. The molecule has 170 valence electrons. The summed E-state index contributed by atoms with van der Waals surface area (Å²) in [6.45, 7) is 0. The van der Waals surface area contributed by atoms with Gasteiger partial charge in [0.25, 0.3) is 5.69 Å². The summed E-state index contributed by atoms with van der Waals surface area (Å²) in [7, 11) is 0. The van der Waals surface area contributed by atoms with E-state index in [-0.39, 0.29) is 23.4 Å². The Balaban J connectivity index is 1.62. The number of carbonyl (C=O) groups excluding carboxylic acids is 2. The van der Waals surface area contributed by atoms with Crippen molar-refractivity contribution in [2.24, 2.45) is 5.92 Å². The average Bonchev–Trinajstić information content (AvgIpc) is 3.52. The normalized spacial score (nSPS) is 27.4. The van der Waals surface area contributed by atoms with Gasteiger partial charge in [0.1, 0.15) is 5.54 Å². The van der Waals surface area contributed by atoms with Gasteiger partial charge < -0.3 is 5.32 Å². The second kappa shape index (κ2) is 7.75. The number of carbonyl (C=O) groups is 2. The molecule has 2 fully saturated rings. The maximum absolute atomic E-state index is 14.2. The fourth-order valence-corrected chi connectivity index (χ4v) is 7.26. The minimum atomic E-state index is -1.20. The first-order valence-electron chi connectivity index (χ1n) is 11.0. The van der Waals surface area contributed by atoms with E-state index in [2.05, 4.69) is 15.2 Å². The lowest BCUT2D eigenvalue weighted by molar-refractivity contribution is -0.384. The molecular formula is C25H20N4O4S. The van der Waals surface area contributed by atoms with Gasteiger partial charge in [-0.2, -0.15) is 0 Å². The zero-order valence-corrected chi connectivity index (χ0v) is 18.8. The number of ketones is 1. The van der Waals surface area contributed by atoms with Crippen LogP contribution in [0.25, 0.3) is 0 Å². The van der Waals surface area contributed by atoms with Crippen molar-refractivity contribution < 1.29 is 14.5 Å². The number of nitrogens with one attached hydrogen (secondary N) is 1. The van der Waals surface area contributed by atoms with Crippen molar-refractivity contribution in [3.05, 3.63) is 99.9 Å². The van der Waals surface area contributed by atoms with E-state index in [1.807, 2.05) is 30.3 Å². The summed E-state index contributed by atoms with van der Waals surface area (Å²) in [5, 5.41) is 14.6. The van der Waals surface area contributed by atoms with E-state index in [1.54, 1.807) is 42.2 Å². The first-order chi connectivity index (χ1) is 16.5. The molecule has 9 heteroatoms. The monoisotopic (exact) mass is 472 g/mol.